The second-order valence-electron chi connectivity index (χ2n) is 5.24. The molecule has 0 radical (unpaired) electrons. The first-order valence-corrected chi connectivity index (χ1v) is 6.69. The molecule has 1 aromatic carbocycles. The molecule has 3 N–H and O–H groups in total. The number of carbonyl (C=O) groups excluding carboxylic acids is 2. The fourth-order valence-corrected chi connectivity index (χ4v) is 2.00. The van der Waals surface area contributed by atoms with Gasteiger partial charge in [-0.05, 0) is 38.5 Å². The summed E-state index contributed by atoms with van der Waals surface area (Å²) < 4.78 is 0. The largest absolute Gasteiger partial charge is 0.399 e. The molecule has 0 fully saturated rings. The zero-order valence-corrected chi connectivity index (χ0v) is 12.6. The molecule has 0 saturated heterocycles. The molecular weight excluding hydrogens is 254 g/mol. The maximum Gasteiger partial charge on any atom is 0.239 e. The van der Waals surface area contributed by atoms with E-state index in [9.17, 15) is 9.59 Å². The molecule has 0 bridgehead atoms. The Morgan fingerprint density at radius 3 is 2.25 bits per heavy atom. The topological polar surface area (TPSA) is 75.4 Å². The average Bonchev–Trinajstić information content (AvgIpc) is 2.44. The Labute approximate surface area is 120 Å². The zero-order chi connectivity index (χ0) is 15.3. The van der Waals surface area contributed by atoms with Crippen LogP contribution in [0.2, 0.25) is 0 Å². The number of rotatable bonds is 5. The summed E-state index contributed by atoms with van der Waals surface area (Å²) in [4.78, 5) is 25.7. The number of hydrogen-bond donors (Lipinski definition) is 2. The first-order chi connectivity index (χ1) is 9.32. The molecule has 1 rings (SSSR count). The third kappa shape index (κ3) is 3.50. The van der Waals surface area contributed by atoms with Crippen LogP contribution in [0.3, 0.4) is 0 Å². The predicted octanol–water partition coefficient (Wildman–Crippen LogP) is 1.14. The maximum atomic E-state index is 12.6. The van der Waals surface area contributed by atoms with Crippen LogP contribution < -0.4 is 11.1 Å². The van der Waals surface area contributed by atoms with Crippen molar-refractivity contribution in [2.75, 3.05) is 25.9 Å². The van der Waals surface area contributed by atoms with Gasteiger partial charge in [-0.25, -0.2) is 0 Å². The predicted molar refractivity (Wildman–Crippen MR) is 80.2 cm³/mol. The zero-order valence-electron chi connectivity index (χ0n) is 12.6. The minimum Gasteiger partial charge on any atom is -0.399 e. The van der Waals surface area contributed by atoms with E-state index in [0.29, 0.717) is 12.2 Å². The molecule has 0 spiro atoms. The van der Waals surface area contributed by atoms with E-state index in [-0.39, 0.29) is 18.4 Å². The van der Waals surface area contributed by atoms with E-state index < -0.39 is 5.41 Å². The normalized spacial score (nSPS) is 11.0. The molecule has 0 saturated carbocycles. The monoisotopic (exact) mass is 277 g/mol. The maximum absolute atomic E-state index is 12.6. The van der Waals surface area contributed by atoms with Crippen LogP contribution in [-0.4, -0.2) is 36.9 Å². The van der Waals surface area contributed by atoms with E-state index >= 15 is 0 Å². The minimum atomic E-state index is -0.697. The fraction of sp³-hybridized carbons (Fsp3) is 0.467. The highest BCUT2D eigenvalue weighted by Crippen LogP contribution is 2.26. The van der Waals surface area contributed by atoms with Gasteiger partial charge in [0, 0.05) is 19.3 Å². The number of amides is 2. The highest BCUT2D eigenvalue weighted by atomic mass is 16.2. The lowest BCUT2D eigenvalue weighted by molar-refractivity contribution is -0.139. The molecule has 0 unspecified atom stereocenters. The van der Waals surface area contributed by atoms with Crippen LogP contribution in [0.1, 0.15) is 26.3 Å². The van der Waals surface area contributed by atoms with E-state index in [4.69, 9.17) is 5.73 Å². The number of nitrogens with zero attached hydrogens (tertiary/aromatic N) is 1. The Bertz CT molecular complexity index is 480. The lowest BCUT2D eigenvalue weighted by Crippen LogP contribution is -2.47. The Hall–Kier alpha value is -2.04. The van der Waals surface area contributed by atoms with Crippen LogP contribution in [0.25, 0.3) is 0 Å². The third-order valence-electron chi connectivity index (χ3n) is 3.45. The van der Waals surface area contributed by atoms with Gasteiger partial charge in [0.25, 0.3) is 0 Å². The summed E-state index contributed by atoms with van der Waals surface area (Å²) in [5, 5.41) is 2.53. The highest BCUT2D eigenvalue weighted by Gasteiger charge is 2.33. The van der Waals surface area contributed by atoms with Crippen molar-refractivity contribution in [2.45, 2.75) is 26.2 Å². The van der Waals surface area contributed by atoms with Gasteiger partial charge in [0.1, 0.15) is 0 Å². The molecule has 5 heteroatoms. The first-order valence-electron chi connectivity index (χ1n) is 6.69. The van der Waals surface area contributed by atoms with Crippen LogP contribution in [0.4, 0.5) is 5.69 Å². The lowest BCUT2D eigenvalue weighted by atomic mass is 9.83. The number of anilines is 1. The van der Waals surface area contributed by atoms with Crippen LogP contribution in [0.15, 0.2) is 24.3 Å². The van der Waals surface area contributed by atoms with Crippen molar-refractivity contribution in [3.05, 3.63) is 29.8 Å². The second kappa shape index (κ2) is 6.41. The summed E-state index contributed by atoms with van der Waals surface area (Å²) in [6, 6.07) is 7.25. The van der Waals surface area contributed by atoms with Gasteiger partial charge in [-0.2, -0.15) is 0 Å². The van der Waals surface area contributed by atoms with Crippen molar-refractivity contribution in [3.63, 3.8) is 0 Å². The summed E-state index contributed by atoms with van der Waals surface area (Å²) in [5.41, 5.74) is 6.51. The standard InChI is InChI=1S/C15H23N3O2/c1-5-18(10-13(19)17-4)14(20)15(2,3)11-6-8-12(16)9-7-11/h6-9H,5,10,16H2,1-4H3,(H,17,19). The van der Waals surface area contributed by atoms with Gasteiger partial charge in [0.15, 0.2) is 0 Å². The van der Waals surface area contributed by atoms with Crippen molar-refractivity contribution < 1.29 is 9.59 Å². The van der Waals surface area contributed by atoms with Crippen LogP contribution in [-0.2, 0) is 15.0 Å². The molecule has 5 nitrogen and oxygen atoms in total. The Balaban J connectivity index is 2.97. The minimum absolute atomic E-state index is 0.0736. The first kappa shape index (κ1) is 16.0. The van der Waals surface area contributed by atoms with Gasteiger partial charge < -0.3 is 16.0 Å². The summed E-state index contributed by atoms with van der Waals surface area (Å²) in [5.74, 6) is -0.248. The average molecular weight is 277 g/mol. The quantitative estimate of drug-likeness (QED) is 0.793. The van der Waals surface area contributed by atoms with Gasteiger partial charge in [-0.3, -0.25) is 9.59 Å². The lowest BCUT2D eigenvalue weighted by Gasteiger charge is -2.31. The van der Waals surface area contributed by atoms with Gasteiger partial charge in [0.05, 0.1) is 12.0 Å². The van der Waals surface area contributed by atoms with Crippen molar-refractivity contribution in [1.82, 2.24) is 10.2 Å². The number of hydrogen-bond acceptors (Lipinski definition) is 3. The van der Waals surface area contributed by atoms with Gasteiger partial charge in [-0.1, -0.05) is 12.1 Å². The van der Waals surface area contributed by atoms with E-state index in [1.54, 1.807) is 24.1 Å². The molecule has 0 aromatic heterocycles. The molecule has 0 aliphatic heterocycles. The van der Waals surface area contributed by atoms with Gasteiger partial charge in [0.2, 0.25) is 11.8 Å². The van der Waals surface area contributed by atoms with Crippen molar-refractivity contribution in [3.8, 4) is 0 Å². The SMILES string of the molecule is CCN(CC(=O)NC)C(=O)C(C)(C)c1ccc(N)cc1. The van der Waals surface area contributed by atoms with E-state index in [0.717, 1.165) is 5.56 Å². The third-order valence-corrected chi connectivity index (χ3v) is 3.45. The summed E-state index contributed by atoms with van der Waals surface area (Å²) in [6.45, 7) is 6.13. The molecular formula is C15H23N3O2. The fourth-order valence-electron chi connectivity index (χ4n) is 2.00. The smallest absolute Gasteiger partial charge is 0.239 e. The Kier molecular flexibility index (Phi) is 5.13. The number of benzene rings is 1. The number of nitrogen functional groups attached to an aromatic ring is 1. The number of carbonyl (C=O) groups is 2. The summed E-state index contributed by atoms with van der Waals surface area (Å²) in [7, 11) is 1.56. The van der Waals surface area contributed by atoms with Gasteiger partial charge >= 0.3 is 0 Å². The molecule has 0 aliphatic rings. The van der Waals surface area contributed by atoms with Gasteiger partial charge in [-0.15, -0.1) is 0 Å². The van der Waals surface area contributed by atoms with Crippen LogP contribution in [0, 0.1) is 0 Å². The molecule has 0 aliphatic carbocycles. The van der Waals surface area contributed by atoms with E-state index in [2.05, 4.69) is 5.32 Å². The molecule has 2 amide bonds. The van der Waals surface area contributed by atoms with E-state index in [1.165, 1.54) is 0 Å². The van der Waals surface area contributed by atoms with Crippen LogP contribution in [0.5, 0.6) is 0 Å². The van der Waals surface area contributed by atoms with E-state index in [1.807, 2.05) is 32.9 Å². The highest BCUT2D eigenvalue weighted by molar-refractivity contribution is 5.91. The molecule has 1 aromatic rings. The van der Waals surface area contributed by atoms with Crippen molar-refractivity contribution in [1.29, 1.82) is 0 Å². The van der Waals surface area contributed by atoms with Crippen LogP contribution >= 0.6 is 0 Å². The Morgan fingerprint density at radius 1 is 1.25 bits per heavy atom. The van der Waals surface area contributed by atoms with Crippen molar-refractivity contribution >= 4 is 17.5 Å². The van der Waals surface area contributed by atoms with Crippen molar-refractivity contribution in [2.24, 2.45) is 0 Å². The number of nitrogens with two attached hydrogens (primary N) is 1. The second-order valence-corrected chi connectivity index (χ2v) is 5.24. The number of nitrogens with one attached hydrogen (secondary N) is 1. The molecule has 0 atom stereocenters. The molecule has 0 heterocycles. The molecule has 20 heavy (non-hydrogen) atoms. The summed E-state index contributed by atoms with van der Waals surface area (Å²) >= 11 is 0. The summed E-state index contributed by atoms with van der Waals surface area (Å²) in [6.07, 6.45) is 0. The Morgan fingerprint density at radius 2 is 1.80 bits per heavy atom. The molecule has 110 valence electrons. The number of likely N-dealkylation sites (N-methyl/N-ethyl adjacent to an activating group) is 2.